The molecule has 5 nitrogen and oxygen atoms in total. The third-order valence-corrected chi connectivity index (χ3v) is 5.49. The number of nitrogens with one attached hydrogen (secondary N) is 2. The largest absolute Gasteiger partial charge is 0.401 e. The molecule has 26 heavy (non-hydrogen) atoms. The average Bonchev–Trinajstić information content (AvgIpc) is 2.99. The zero-order valence-electron chi connectivity index (χ0n) is 15.7. The van der Waals surface area contributed by atoms with Crippen molar-refractivity contribution in [2.45, 2.75) is 64.1 Å². The molecule has 0 aromatic heterocycles. The number of aliphatic imine (C=N–C) groups is 1. The van der Waals surface area contributed by atoms with Gasteiger partial charge in [0.05, 0.1) is 6.54 Å². The highest BCUT2D eigenvalue weighted by Crippen LogP contribution is 2.39. The van der Waals surface area contributed by atoms with Crippen molar-refractivity contribution in [3.05, 3.63) is 0 Å². The van der Waals surface area contributed by atoms with Gasteiger partial charge >= 0.3 is 6.18 Å². The summed E-state index contributed by atoms with van der Waals surface area (Å²) in [4.78, 5) is 6.17. The van der Waals surface area contributed by atoms with Crippen molar-refractivity contribution < 1.29 is 18.3 Å². The first-order chi connectivity index (χ1) is 12.4. The highest BCUT2D eigenvalue weighted by Gasteiger charge is 2.35. The molecule has 1 saturated carbocycles. The Morgan fingerprint density at radius 1 is 1.27 bits per heavy atom. The number of likely N-dealkylation sites (tertiary alicyclic amines) is 1. The highest BCUT2D eigenvalue weighted by atomic mass is 19.4. The number of hydrogen-bond donors (Lipinski definition) is 3. The predicted molar refractivity (Wildman–Crippen MR) is 97.2 cm³/mol. The van der Waals surface area contributed by atoms with Crippen molar-refractivity contribution in [2.24, 2.45) is 10.4 Å². The zero-order chi connectivity index (χ0) is 19.0. The monoisotopic (exact) mass is 378 g/mol. The molecule has 0 bridgehead atoms. The first-order valence-corrected chi connectivity index (χ1v) is 9.81. The second kappa shape index (κ2) is 9.78. The summed E-state index contributed by atoms with van der Waals surface area (Å²) in [5.74, 6) is 0.675. The van der Waals surface area contributed by atoms with Gasteiger partial charge in [-0.05, 0) is 38.0 Å². The molecule has 1 unspecified atom stereocenters. The van der Waals surface area contributed by atoms with E-state index in [-0.39, 0.29) is 18.1 Å². The molecule has 2 rings (SSSR count). The van der Waals surface area contributed by atoms with Crippen molar-refractivity contribution >= 4 is 5.96 Å². The van der Waals surface area contributed by atoms with E-state index in [1.54, 1.807) is 0 Å². The summed E-state index contributed by atoms with van der Waals surface area (Å²) in [6.45, 7) is 3.50. The fourth-order valence-corrected chi connectivity index (χ4v) is 4.13. The molecule has 152 valence electrons. The van der Waals surface area contributed by atoms with Gasteiger partial charge in [0, 0.05) is 38.8 Å². The average molecular weight is 378 g/mol. The van der Waals surface area contributed by atoms with Crippen molar-refractivity contribution in [3.8, 4) is 0 Å². The van der Waals surface area contributed by atoms with Gasteiger partial charge in [0.15, 0.2) is 5.96 Å². The van der Waals surface area contributed by atoms with Gasteiger partial charge in [0.1, 0.15) is 0 Å². The second-order valence-corrected chi connectivity index (χ2v) is 7.71. The minimum atomic E-state index is -4.15. The molecular formula is C18H33F3N4O. The number of hydrogen-bond acceptors (Lipinski definition) is 3. The summed E-state index contributed by atoms with van der Waals surface area (Å²) in [6, 6.07) is -0.0182. The number of guanidine groups is 1. The second-order valence-electron chi connectivity index (χ2n) is 7.71. The molecule has 1 aliphatic heterocycles. The maximum absolute atomic E-state index is 12.5. The molecule has 1 aliphatic carbocycles. The SMILES string of the molecule is CCNC(=NCC1(CCO)CCCCC1)NC1CCN(CC(F)(F)F)C1. The van der Waals surface area contributed by atoms with Crippen LogP contribution in [0.15, 0.2) is 4.99 Å². The predicted octanol–water partition coefficient (Wildman–Crippen LogP) is 2.51. The van der Waals surface area contributed by atoms with E-state index in [9.17, 15) is 18.3 Å². The summed E-state index contributed by atoms with van der Waals surface area (Å²) in [5, 5.41) is 15.9. The lowest BCUT2D eigenvalue weighted by molar-refractivity contribution is -0.143. The molecule has 1 heterocycles. The molecule has 1 atom stereocenters. The van der Waals surface area contributed by atoms with Gasteiger partial charge in [-0.15, -0.1) is 0 Å². The third kappa shape index (κ3) is 6.95. The van der Waals surface area contributed by atoms with Crippen LogP contribution in [0.4, 0.5) is 13.2 Å². The van der Waals surface area contributed by atoms with E-state index in [4.69, 9.17) is 4.99 Å². The van der Waals surface area contributed by atoms with E-state index in [1.165, 1.54) is 24.2 Å². The summed E-state index contributed by atoms with van der Waals surface area (Å²) >= 11 is 0. The maximum atomic E-state index is 12.5. The molecule has 0 amide bonds. The van der Waals surface area contributed by atoms with Gasteiger partial charge in [-0.1, -0.05) is 19.3 Å². The third-order valence-electron chi connectivity index (χ3n) is 5.49. The first-order valence-electron chi connectivity index (χ1n) is 9.81. The van der Waals surface area contributed by atoms with Crippen molar-refractivity contribution in [2.75, 3.05) is 39.3 Å². The number of alkyl halides is 3. The van der Waals surface area contributed by atoms with Gasteiger partial charge < -0.3 is 15.7 Å². The smallest absolute Gasteiger partial charge is 0.396 e. The Morgan fingerprint density at radius 3 is 2.62 bits per heavy atom. The lowest BCUT2D eigenvalue weighted by atomic mass is 9.72. The molecular weight excluding hydrogens is 345 g/mol. The van der Waals surface area contributed by atoms with Crippen LogP contribution in [0.25, 0.3) is 0 Å². The van der Waals surface area contributed by atoms with Gasteiger partial charge in [0.25, 0.3) is 0 Å². The fourth-order valence-electron chi connectivity index (χ4n) is 4.13. The van der Waals surface area contributed by atoms with Crippen molar-refractivity contribution in [3.63, 3.8) is 0 Å². The number of nitrogens with zero attached hydrogens (tertiary/aromatic N) is 2. The Morgan fingerprint density at radius 2 is 2.00 bits per heavy atom. The summed E-state index contributed by atoms with van der Waals surface area (Å²) < 4.78 is 37.6. The van der Waals surface area contributed by atoms with Crippen molar-refractivity contribution in [1.29, 1.82) is 0 Å². The molecule has 0 radical (unpaired) electrons. The van der Waals surface area contributed by atoms with E-state index in [0.717, 1.165) is 19.3 Å². The van der Waals surface area contributed by atoms with Crippen LogP contribution in [0.5, 0.6) is 0 Å². The Balaban J connectivity index is 1.92. The van der Waals surface area contributed by atoms with Gasteiger partial charge in [0.2, 0.25) is 0 Å². The van der Waals surface area contributed by atoms with Crippen LogP contribution < -0.4 is 10.6 Å². The fraction of sp³-hybridized carbons (Fsp3) is 0.944. The Labute approximate surface area is 154 Å². The van der Waals surface area contributed by atoms with Crippen LogP contribution in [0.3, 0.4) is 0 Å². The Hall–Kier alpha value is -1.02. The van der Waals surface area contributed by atoms with Crippen LogP contribution in [0.2, 0.25) is 0 Å². The highest BCUT2D eigenvalue weighted by molar-refractivity contribution is 5.80. The topological polar surface area (TPSA) is 59.9 Å². The minimum absolute atomic E-state index is 0.0182. The molecule has 0 spiro atoms. The van der Waals surface area contributed by atoms with Crippen LogP contribution in [-0.4, -0.2) is 67.5 Å². The van der Waals surface area contributed by atoms with E-state index in [2.05, 4.69) is 10.6 Å². The Kier molecular flexibility index (Phi) is 8.01. The number of aliphatic hydroxyl groups excluding tert-OH is 1. The van der Waals surface area contributed by atoms with Gasteiger partial charge in [-0.3, -0.25) is 9.89 Å². The summed E-state index contributed by atoms with van der Waals surface area (Å²) in [5.41, 5.74) is 0.0628. The first kappa shape index (κ1) is 21.3. The van der Waals surface area contributed by atoms with E-state index in [0.29, 0.717) is 38.6 Å². The minimum Gasteiger partial charge on any atom is -0.396 e. The Bertz CT molecular complexity index is 445. The molecule has 3 N–H and O–H groups in total. The van der Waals surface area contributed by atoms with Gasteiger partial charge in [-0.25, -0.2) is 0 Å². The lowest BCUT2D eigenvalue weighted by Gasteiger charge is -2.36. The van der Waals surface area contributed by atoms with Gasteiger partial charge in [-0.2, -0.15) is 13.2 Å². The standard InChI is InChI=1S/C18H33F3N4O/c1-2-22-16(23-13-17(9-11-26)7-4-3-5-8-17)24-15-6-10-25(12-15)14-18(19,20)21/h15,26H,2-14H2,1H3,(H2,22,23,24). The molecule has 1 saturated heterocycles. The molecule has 2 fully saturated rings. The lowest BCUT2D eigenvalue weighted by Crippen LogP contribution is -2.45. The van der Waals surface area contributed by atoms with E-state index >= 15 is 0 Å². The molecule has 0 aromatic carbocycles. The number of halogens is 3. The van der Waals surface area contributed by atoms with Crippen LogP contribution in [0, 0.1) is 5.41 Å². The maximum Gasteiger partial charge on any atom is 0.401 e. The van der Waals surface area contributed by atoms with Crippen molar-refractivity contribution in [1.82, 2.24) is 15.5 Å². The summed E-state index contributed by atoms with van der Waals surface area (Å²) in [7, 11) is 0. The number of aliphatic hydroxyl groups is 1. The van der Waals surface area contributed by atoms with Crippen LogP contribution in [0.1, 0.15) is 51.9 Å². The number of rotatable bonds is 7. The quantitative estimate of drug-likeness (QED) is 0.471. The van der Waals surface area contributed by atoms with E-state index < -0.39 is 12.7 Å². The van der Waals surface area contributed by atoms with Crippen LogP contribution in [-0.2, 0) is 0 Å². The van der Waals surface area contributed by atoms with Crippen LogP contribution >= 0.6 is 0 Å². The molecule has 8 heteroatoms. The molecule has 2 aliphatic rings. The van der Waals surface area contributed by atoms with E-state index in [1.807, 2.05) is 6.92 Å². The zero-order valence-corrected chi connectivity index (χ0v) is 15.7. The normalized spacial score (nSPS) is 24.7. The summed E-state index contributed by atoms with van der Waals surface area (Å²) in [6.07, 6.45) is 3.06. The molecule has 0 aromatic rings.